The summed E-state index contributed by atoms with van der Waals surface area (Å²) in [6.45, 7) is 1.43. The molecule has 0 bridgehead atoms. The van der Waals surface area contributed by atoms with Gasteiger partial charge in [-0.15, -0.1) is 0 Å². The zero-order valence-electron chi connectivity index (χ0n) is 11.7. The third-order valence-electron chi connectivity index (χ3n) is 3.14. The van der Waals surface area contributed by atoms with Crippen LogP contribution in [-0.2, 0) is 0 Å². The minimum absolute atomic E-state index is 0.172. The maximum Gasteiger partial charge on any atom is 0.162 e. The molecular weight excluding hydrogens is 257 g/mol. The third-order valence-corrected chi connectivity index (χ3v) is 3.14. The summed E-state index contributed by atoms with van der Waals surface area (Å²) in [5.41, 5.74) is 1.38. The Bertz CT molecular complexity index is 640. The van der Waals surface area contributed by atoms with Crippen LogP contribution < -0.4 is 9.64 Å². The quantitative estimate of drug-likeness (QED) is 0.793. The molecule has 0 spiro atoms. The van der Waals surface area contributed by atoms with Gasteiger partial charge in [-0.1, -0.05) is 12.1 Å². The zero-order valence-corrected chi connectivity index (χ0v) is 11.7. The summed E-state index contributed by atoms with van der Waals surface area (Å²) in [7, 11) is 3.29. The first-order chi connectivity index (χ1) is 9.54. The van der Waals surface area contributed by atoms with Gasteiger partial charge in [0.15, 0.2) is 5.78 Å². The van der Waals surface area contributed by atoms with E-state index < -0.39 is 5.82 Å². The van der Waals surface area contributed by atoms with Crippen LogP contribution in [0.4, 0.5) is 15.8 Å². The van der Waals surface area contributed by atoms with Crippen LogP contribution in [0.25, 0.3) is 0 Å². The zero-order chi connectivity index (χ0) is 14.7. The fraction of sp³-hybridized carbons (Fsp3) is 0.188. The second kappa shape index (κ2) is 5.74. The van der Waals surface area contributed by atoms with Gasteiger partial charge in [-0.3, -0.25) is 4.79 Å². The number of hydrogen-bond acceptors (Lipinski definition) is 3. The Morgan fingerprint density at radius 2 is 1.90 bits per heavy atom. The first-order valence-corrected chi connectivity index (χ1v) is 6.22. The Kier molecular flexibility index (Phi) is 4.03. The average molecular weight is 273 g/mol. The number of carbonyl (C=O) groups excluding carboxylic acids is 1. The van der Waals surface area contributed by atoms with E-state index in [0.717, 1.165) is 5.69 Å². The van der Waals surface area contributed by atoms with Gasteiger partial charge < -0.3 is 9.64 Å². The summed E-state index contributed by atoms with van der Waals surface area (Å²) in [5.74, 6) is 0.0762. The molecule has 2 aromatic rings. The molecule has 0 saturated carbocycles. The number of methoxy groups -OCH3 is 1. The highest BCUT2D eigenvalue weighted by atomic mass is 19.1. The highest BCUT2D eigenvalue weighted by Gasteiger charge is 2.17. The van der Waals surface area contributed by atoms with Crippen molar-refractivity contribution < 1.29 is 13.9 Å². The van der Waals surface area contributed by atoms with Crippen LogP contribution in [-0.4, -0.2) is 19.9 Å². The van der Waals surface area contributed by atoms with Crippen molar-refractivity contribution in [1.29, 1.82) is 0 Å². The molecule has 0 aromatic heterocycles. The molecular formula is C16H16FNO2. The Balaban J connectivity index is 2.52. The lowest BCUT2D eigenvalue weighted by Crippen LogP contribution is -2.15. The molecule has 0 heterocycles. The molecule has 20 heavy (non-hydrogen) atoms. The van der Waals surface area contributed by atoms with E-state index in [9.17, 15) is 9.18 Å². The molecule has 0 N–H and O–H groups in total. The van der Waals surface area contributed by atoms with E-state index in [1.165, 1.54) is 19.1 Å². The lowest BCUT2D eigenvalue weighted by molar-refractivity contribution is 0.101. The van der Waals surface area contributed by atoms with Crippen molar-refractivity contribution in [2.24, 2.45) is 0 Å². The summed E-state index contributed by atoms with van der Waals surface area (Å²) in [6, 6.07) is 11.8. The second-order valence-electron chi connectivity index (χ2n) is 4.45. The molecule has 0 atom stereocenters. The molecule has 0 fully saturated rings. The molecule has 2 rings (SSSR count). The van der Waals surface area contributed by atoms with E-state index in [1.807, 2.05) is 18.2 Å². The van der Waals surface area contributed by atoms with Gasteiger partial charge in [0.1, 0.15) is 11.6 Å². The van der Waals surface area contributed by atoms with E-state index >= 15 is 0 Å². The molecule has 3 nitrogen and oxygen atoms in total. The fourth-order valence-electron chi connectivity index (χ4n) is 2.09. The molecule has 0 radical (unpaired) electrons. The van der Waals surface area contributed by atoms with Crippen molar-refractivity contribution in [2.45, 2.75) is 6.92 Å². The minimum atomic E-state index is -0.428. The van der Waals surface area contributed by atoms with Gasteiger partial charge in [-0.05, 0) is 31.2 Å². The van der Waals surface area contributed by atoms with Crippen molar-refractivity contribution in [3.05, 3.63) is 53.8 Å². The highest BCUT2D eigenvalue weighted by Crippen LogP contribution is 2.31. The summed E-state index contributed by atoms with van der Waals surface area (Å²) < 4.78 is 19.3. The summed E-state index contributed by atoms with van der Waals surface area (Å²) in [6.07, 6.45) is 0. The van der Waals surface area contributed by atoms with Crippen LogP contribution in [0.2, 0.25) is 0 Å². The van der Waals surface area contributed by atoms with Crippen molar-refractivity contribution in [1.82, 2.24) is 0 Å². The van der Waals surface area contributed by atoms with Crippen LogP contribution in [0.1, 0.15) is 17.3 Å². The van der Waals surface area contributed by atoms with E-state index in [1.54, 1.807) is 31.2 Å². The van der Waals surface area contributed by atoms with Gasteiger partial charge in [0, 0.05) is 24.4 Å². The van der Waals surface area contributed by atoms with Crippen molar-refractivity contribution in [2.75, 3.05) is 19.1 Å². The number of Topliss-reactive ketones (excluding diaryl/α,β-unsaturated/α-hetero) is 1. The van der Waals surface area contributed by atoms with Gasteiger partial charge in [-0.25, -0.2) is 4.39 Å². The maximum absolute atomic E-state index is 14.1. The third kappa shape index (κ3) is 2.64. The van der Waals surface area contributed by atoms with Crippen LogP contribution in [0.3, 0.4) is 0 Å². The fourth-order valence-corrected chi connectivity index (χ4v) is 2.09. The minimum Gasteiger partial charge on any atom is -0.497 e. The Labute approximate surface area is 117 Å². The largest absolute Gasteiger partial charge is 0.497 e. The molecule has 0 aliphatic rings. The Hall–Kier alpha value is -2.36. The van der Waals surface area contributed by atoms with Crippen LogP contribution in [0, 0.1) is 5.82 Å². The second-order valence-corrected chi connectivity index (χ2v) is 4.45. The summed E-state index contributed by atoms with van der Waals surface area (Å²) >= 11 is 0. The predicted octanol–water partition coefficient (Wildman–Crippen LogP) is 3.80. The topological polar surface area (TPSA) is 29.5 Å². The van der Waals surface area contributed by atoms with Crippen LogP contribution >= 0.6 is 0 Å². The Morgan fingerprint density at radius 1 is 1.20 bits per heavy atom. The number of benzene rings is 2. The SMILES string of the molecule is COc1cccc(N(C)c2c(F)cccc2C(C)=O)c1. The number of rotatable bonds is 4. The van der Waals surface area contributed by atoms with E-state index in [4.69, 9.17) is 4.74 Å². The van der Waals surface area contributed by atoms with Gasteiger partial charge >= 0.3 is 0 Å². The number of halogens is 1. The number of ether oxygens (including phenoxy) is 1. The number of carbonyl (C=O) groups is 1. The van der Waals surface area contributed by atoms with Crippen molar-refractivity contribution in [3.8, 4) is 5.75 Å². The molecule has 4 heteroatoms. The first-order valence-electron chi connectivity index (χ1n) is 6.22. The monoisotopic (exact) mass is 273 g/mol. The first kappa shape index (κ1) is 14.1. The van der Waals surface area contributed by atoms with Crippen molar-refractivity contribution in [3.63, 3.8) is 0 Å². The lowest BCUT2D eigenvalue weighted by Gasteiger charge is -2.22. The molecule has 0 unspecified atom stereocenters. The number of ketones is 1. The molecule has 0 aliphatic carbocycles. The standard InChI is InChI=1S/C16H16FNO2/c1-11(19)14-8-5-9-15(17)16(14)18(2)12-6-4-7-13(10-12)20-3/h4-10H,1-3H3. The van der Waals surface area contributed by atoms with Gasteiger partial charge in [0.2, 0.25) is 0 Å². The van der Waals surface area contributed by atoms with E-state index in [-0.39, 0.29) is 11.5 Å². The smallest absolute Gasteiger partial charge is 0.162 e. The van der Waals surface area contributed by atoms with Crippen molar-refractivity contribution >= 4 is 17.2 Å². The Morgan fingerprint density at radius 3 is 2.55 bits per heavy atom. The van der Waals surface area contributed by atoms with Gasteiger partial charge in [-0.2, -0.15) is 0 Å². The molecule has 0 aliphatic heterocycles. The lowest BCUT2D eigenvalue weighted by atomic mass is 10.1. The number of nitrogens with zero attached hydrogens (tertiary/aromatic N) is 1. The summed E-state index contributed by atoms with van der Waals surface area (Å²) in [4.78, 5) is 13.3. The van der Waals surface area contributed by atoms with E-state index in [2.05, 4.69) is 0 Å². The predicted molar refractivity (Wildman–Crippen MR) is 77.5 cm³/mol. The average Bonchev–Trinajstić information content (AvgIpc) is 2.46. The summed E-state index contributed by atoms with van der Waals surface area (Å²) in [5, 5.41) is 0. The number of para-hydroxylation sites is 1. The van der Waals surface area contributed by atoms with Crippen LogP contribution in [0.15, 0.2) is 42.5 Å². The molecule has 2 aromatic carbocycles. The maximum atomic E-state index is 14.1. The number of anilines is 2. The van der Waals surface area contributed by atoms with E-state index in [0.29, 0.717) is 11.3 Å². The highest BCUT2D eigenvalue weighted by molar-refractivity contribution is 6.00. The molecule has 0 saturated heterocycles. The van der Waals surface area contributed by atoms with Crippen LogP contribution in [0.5, 0.6) is 5.75 Å². The number of hydrogen-bond donors (Lipinski definition) is 0. The molecule has 0 amide bonds. The molecule has 104 valence electrons. The van der Waals surface area contributed by atoms with Gasteiger partial charge in [0.25, 0.3) is 0 Å². The normalized spacial score (nSPS) is 10.2. The van der Waals surface area contributed by atoms with Gasteiger partial charge in [0.05, 0.1) is 12.8 Å².